The largest absolute Gasteiger partial charge is 0.497 e. The van der Waals surface area contributed by atoms with Crippen LogP contribution < -0.4 is 15.2 Å². The van der Waals surface area contributed by atoms with Crippen molar-refractivity contribution in [2.75, 3.05) is 34.0 Å². The third-order valence-electron chi connectivity index (χ3n) is 6.99. The molecule has 1 heterocycles. The molecule has 1 saturated carbocycles. The Morgan fingerprint density at radius 2 is 1.79 bits per heavy atom. The van der Waals surface area contributed by atoms with Gasteiger partial charge in [-0.15, -0.1) is 0 Å². The third kappa shape index (κ3) is 3.34. The maximum atomic E-state index is 6.30. The molecule has 0 unspecified atom stereocenters. The highest BCUT2D eigenvalue weighted by atomic mass is 16.7. The molecule has 0 aromatic heterocycles. The van der Waals surface area contributed by atoms with Crippen LogP contribution in [0, 0.1) is 23.7 Å². The number of hydrogen-bond acceptors (Lipinski definition) is 5. The Morgan fingerprint density at radius 1 is 1.11 bits per heavy atom. The summed E-state index contributed by atoms with van der Waals surface area (Å²) < 4.78 is 23.7. The molecule has 0 radical (unpaired) electrons. The van der Waals surface area contributed by atoms with Gasteiger partial charge in [0, 0.05) is 24.3 Å². The molecule has 1 saturated heterocycles. The summed E-state index contributed by atoms with van der Waals surface area (Å²) in [5, 5.41) is 0. The summed E-state index contributed by atoms with van der Waals surface area (Å²) in [6.45, 7) is 4.29. The maximum absolute atomic E-state index is 6.30. The van der Waals surface area contributed by atoms with E-state index < -0.39 is 5.79 Å². The third-order valence-corrected chi connectivity index (χ3v) is 6.99. The van der Waals surface area contributed by atoms with Crippen LogP contribution in [0.5, 0.6) is 11.5 Å². The number of nitrogens with two attached hydrogens (primary N) is 1. The first kappa shape index (κ1) is 19.7. The first-order chi connectivity index (χ1) is 13.6. The molecule has 5 heteroatoms. The number of ether oxygens (including phenoxy) is 4. The lowest BCUT2D eigenvalue weighted by molar-refractivity contribution is -0.240. The molecule has 2 N–H and O–H groups in total. The fourth-order valence-electron chi connectivity index (χ4n) is 5.69. The molecule has 4 rings (SSSR count). The lowest BCUT2D eigenvalue weighted by Gasteiger charge is -2.52. The highest BCUT2D eigenvalue weighted by Gasteiger charge is 2.56. The topological polar surface area (TPSA) is 62.9 Å². The van der Waals surface area contributed by atoms with Gasteiger partial charge >= 0.3 is 0 Å². The molecule has 1 aromatic carbocycles. The van der Waals surface area contributed by atoms with Crippen LogP contribution in [0.1, 0.15) is 37.7 Å². The van der Waals surface area contributed by atoms with Gasteiger partial charge in [0.05, 0.1) is 27.4 Å². The Bertz CT molecular complexity index is 690. The van der Waals surface area contributed by atoms with Crippen LogP contribution in [0.2, 0.25) is 0 Å². The van der Waals surface area contributed by atoms with Crippen molar-refractivity contribution >= 4 is 0 Å². The van der Waals surface area contributed by atoms with E-state index in [2.05, 4.69) is 31.2 Å². The average molecular weight is 388 g/mol. The van der Waals surface area contributed by atoms with Gasteiger partial charge in [0.25, 0.3) is 0 Å². The number of rotatable bonds is 5. The van der Waals surface area contributed by atoms with Crippen LogP contribution in [0.15, 0.2) is 30.4 Å². The summed E-state index contributed by atoms with van der Waals surface area (Å²) >= 11 is 0. The summed E-state index contributed by atoms with van der Waals surface area (Å²) in [4.78, 5) is 0. The van der Waals surface area contributed by atoms with Gasteiger partial charge in [-0.3, -0.25) is 0 Å². The van der Waals surface area contributed by atoms with Gasteiger partial charge in [0.1, 0.15) is 11.5 Å². The van der Waals surface area contributed by atoms with Gasteiger partial charge in [-0.05, 0) is 54.8 Å². The minimum absolute atomic E-state index is 0.228. The number of allylic oxidation sites excluding steroid dienone is 2. The molecule has 5 atom stereocenters. The van der Waals surface area contributed by atoms with Crippen molar-refractivity contribution in [3.05, 3.63) is 35.9 Å². The van der Waals surface area contributed by atoms with Crippen LogP contribution in [0.25, 0.3) is 0 Å². The van der Waals surface area contributed by atoms with Gasteiger partial charge in [-0.25, -0.2) is 0 Å². The van der Waals surface area contributed by atoms with Crippen molar-refractivity contribution in [3.8, 4) is 11.5 Å². The predicted molar refractivity (Wildman–Crippen MR) is 109 cm³/mol. The second-order valence-corrected chi connectivity index (χ2v) is 8.44. The van der Waals surface area contributed by atoms with Crippen LogP contribution in [-0.4, -0.2) is 39.8 Å². The van der Waals surface area contributed by atoms with E-state index in [-0.39, 0.29) is 5.92 Å². The molecule has 1 aliphatic heterocycles. The molecule has 0 amide bonds. The quantitative estimate of drug-likeness (QED) is 0.780. The van der Waals surface area contributed by atoms with Crippen LogP contribution in [0.4, 0.5) is 0 Å². The second-order valence-electron chi connectivity index (χ2n) is 8.44. The van der Waals surface area contributed by atoms with Crippen LogP contribution >= 0.6 is 0 Å². The molecule has 0 bridgehead atoms. The maximum Gasteiger partial charge on any atom is 0.172 e. The molecular formula is C23H33NO4. The lowest BCUT2D eigenvalue weighted by Crippen LogP contribution is -2.53. The van der Waals surface area contributed by atoms with Gasteiger partial charge in [-0.2, -0.15) is 0 Å². The van der Waals surface area contributed by atoms with E-state index >= 15 is 0 Å². The predicted octanol–water partition coefficient (Wildman–Crippen LogP) is 3.73. The average Bonchev–Trinajstić information content (AvgIpc) is 3.20. The van der Waals surface area contributed by atoms with Crippen molar-refractivity contribution < 1.29 is 18.9 Å². The van der Waals surface area contributed by atoms with Crippen molar-refractivity contribution in [2.24, 2.45) is 29.4 Å². The van der Waals surface area contributed by atoms with E-state index in [0.29, 0.717) is 43.4 Å². The zero-order chi connectivity index (χ0) is 19.7. The van der Waals surface area contributed by atoms with Gasteiger partial charge in [0.15, 0.2) is 5.79 Å². The Balaban J connectivity index is 1.79. The minimum Gasteiger partial charge on any atom is -0.497 e. The van der Waals surface area contributed by atoms with E-state index in [1.807, 2.05) is 6.07 Å². The van der Waals surface area contributed by atoms with Crippen LogP contribution in [-0.2, 0) is 9.47 Å². The molecule has 3 aliphatic rings. The van der Waals surface area contributed by atoms with Crippen molar-refractivity contribution in [3.63, 3.8) is 0 Å². The van der Waals surface area contributed by atoms with E-state index in [0.717, 1.165) is 24.3 Å². The van der Waals surface area contributed by atoms with E-state index in [1.54, 1.807) is 14.2 Å². The van der Waals surface area contributed by atoms with Crippen LogP contribution in [0.3, 0.4) is 0 Å². The summed E-state index contributed by atoms with van der Waals surface area (Å²) in [6, 6.07) is 6.17. The summed E-state index contributed by atoms with van der Waals surface area (Å²) in [5.41, 5.74) is 7.41. The standard InChI is InChI=1S/C23H33NO4/c1-15(14-24)21-20(17-11-18(25-2)13-19(12-17)26-3)7-6-16-5-4-8-23(22(16)21)27-9-10-28-23/h6-7,11-13,15-16,20-22H,4-5,8-10,14,24H2,1-3H3/t15-,16+,20+,21-,22-/m0/s1. The number of benzene rings is 1. The Kier molecular flexibility index (Phi) is 5.68. The second kappa shape index (κ2) is 8.05. The number of fused-ring (bicyclic) bond motifs is 2. The Labute approximate surface area is 168 Å². The first-order valence-electron chi connectivity index (χ1n) is 10.5. The molecule has 1 spiro atoms. The van der Waals surface area contributed by atoms with Gasteiger partial charge in [-0.1, -0.05) is 19.1 Å². The van der Waals surface area contributed by atoms with Crippen molar-refractivity contribution in [2.45, 2.75) is 37.9 Å². The molecule has 2 fully saturated rings. The summed E-state index contributed by atoms with van der Waals surface area (Å²) in [5.74, 6) is 2.89. The van der Waals surface area contributed by atoms with E-state index in [4.69, 9.17) is 24.7 Å². The molecule has 28 heavy (non-hydrogen) atoms. The minimum atomic E-state index is -0.455. The highest BCUT2D eigenvalue weighted by molar-refractivity contribution is 5.42. The fourth-order valence-corrected chi connectivity index (χ4v) is 5.69. The molecule has 1 aromatic rings. The fraction of sp³-hybridized carbons (Fsp3) is 0.652. The highest BCUT2D eigenvalue weighted by Crippen LogP contribution is 2.55. The summed E-state index contributed by atoms with van der Waals surface area (Å²) in [7, 11) is 3.39. The SMILES string of the molecule is COc1cc(OC)cc([C@H]2C=C[C@H]3CCCC4(OCCO4)[C@@H]3[C@H]2[C@@H](C)CN)c1. The molecule has 5 nitrogen and oxygen atoms in total. The monoisotopic (exact) mass is 387 g/mol. The van der Waals surface area contributed by atoms with E-state index in [1.165, 1.54) is 12.0 Å². The van der Waals surface area contributed by atoms with Gasteiger partial charge < -0.3 is 24.7 Å². The molecular weight excluding hydrogens is 354 g/mol. The smallest absolute Gasteiger partial charge is 0.172 e. The molecule has 154 valence electrons. The van der Waals surface area contributed by atoms with Crippen molar-refractivity contribution in [1.29, 1.82) is 0 Å². The van der Waals surface area contributed by atoms with Gasteiger partial charge in [0.2, 0.25) is 0 Å². The zero-order valence-corrected chi connectivity index (χ0v) is 17.2. The van der Waals surface area contributed by atoms with E-state index in [9.17, 15) is 0 Å². The Morgan fingerprint density at radius 3 is 2.39 bits per heavy atom. The Hall–Kier alpha value is -1.56. The lowest BCUT2D eigenvalue weighted by atomic mass is 9.57. The summed E-state index contributed by atoms with van der Waals surface area (Å²) in [6.07, 6.45) is 8.08. The number of hydrogen-bond donors (Lipinski definition) is 1. The zero-order valence-electron chi connectivity index (χ0n) is 17.2. The normalized spacial score (nSPS) is 32.1. The first-order valence-corrected chi connectivity index (χ1v) is 10.5. The number of methoxy groups -OCH3 is 2. The molecule has 2 aliphatic carbocycles. The van der Waals surface area contributed by atoms with Crippen molar-refractivity contribution in [1.82, 2.24) is 0 Å².